The van der Waals surface area contributed by atoms with Crippen molar-refractivity contribution in [3.8, 4) is 0 Å². The average molecular weight is 420 g/mol. The molecule has 1 aliphatic carbocycles. The molecule has 1 heterocycles. The number of fused-ring (bicyclic) bond motifs is 1. The van der Waals surface area contributed by atoms with Crippen LogP contribution < -0.4 is 5.32 Å². The van der Waals surface area contributed by atoms with Crippen LogP contribution in [0.2, 0.25) is 0 Å². The van der Waals surface area contributed by atoms with E-state index in [0.717, 1.165) is 30.6 Å². The molecule has 31 heavy (non-hydrogen) atoms. The van der Waals surface area contributed by atoms with Gasteiger partial charge in [0.15, 0.2) is 6.61 Å². The first-order valence-corrected chi connectivity index (χ1v) is 10.5. The van der Waals surface area contributed by atoms with Crippen LogP contribution in [0.5, 0.6) is 0 Å². The molecule has 0 radical (unpaired) electrons. The second-order valence-electron chi connectivity index (χ2n) is 7.92. The van der Waals surface area contributed by atoms with E-state index < -0.39 is 5.97 Å². The van der Waals surface area contributed by atoms with Crippen molar-refractivity contribution in [2.45, 2.75) is 44.7 Å². The fourth-order valence-electron chi connectivity index (χ4n) is 4.09. The summed E-state index contributed by atoms with van der Waals surface area (Å²) in [6.45, 7) is -0.284. The minimum absolute atomic E-state index is 0.0512. The lowest BCUT2D eigenvalue weighted by atomic mass is 9.95. The van der Waals surface area contributed by atoms with E-state index in [0.29, 0.717) is 16.7 Å². The van der Waals surface area contributed by atoms with Gasteiger partial charge in [0.2, 0.25) is 0 Å². The highest BCUT2D eigenvalue weighted by Crippen LogP contribution is 2.24. The highest BCUT2D eigenvalue weighted by molar-refractivity contribution is 6.21. The molecule has 0 atom stereocenters. The molecule has 7 nitrogen and oxygen atoms in total. The number of benzene rings is 2. The van der Waals surface area contributed by atoms with Crippen molar-refractivity contribution in [3.05, 3.63) is 70.8 Å². The molecule has 1 fully saturated rings. The van der Waals surface area contributed by atoms with Crippen LogP contribution >= 0.6 is 0 Å². The smallest absolute Gasteiger partial charge is 0.338 e. The van der Waals surface area contributed by atoms with E-state index in [1.54, 1.807) is 48.5 Å². The summed E-state index contributed by atoms with van der Waals surface area (Å²) in [6, 6.07) is 13.4. The topological polar surface area (TPSA) is 92.8 Å². The molecule has 1 aliphatic heterocycles. The number of nitrogens with one attached hydrogen (secondary N) is 1. The second-order valence-corrected chi connectivity index (χ2v) is 7.92. The number of hydrogen-bond acceptors (Lipinski definition) is 5. The van der Waals surface area contributed by atoms with Crippen molar-refractivity contribution in [2.75, 3.05) is 6.61 Å². The summed E-state index contributed by atoms with van der Waals surface area (Å²) in [5, 5.41) is 2.91. The van der Waals surface area contributed by atoms with Gasteiger partial charge in [-0.1, -0.05) is 43.5 Å². The molecule has 4 rings (SSSR count). The average Bonchev–Trinajstić information content (AvgIpc) is 3.03. The first kappa shape index (κ1) is 20.8. The van der Waals surface area contributed by atoms with Gasteiger partial charge in [0.1, 0.15) is 0 Å². The lowest BCUT2D eigenvalue weighted by molar-refractivity contribution is -0.125. The Kier molecular flexibility index (Phi) is 6.11. The summed E-state index contributed by atoms with van der Waals surface area (Å²) in [5.74, 6) is -1.63. The first-order valence-electron chi connectivity index (χ1n) is 10.5. The molecule has 3 amide bonds. The molecule has 0 bridgehead atoms. The summed E-state index contributed by atoms with van der Waals surface area (Å²) in [6.07, 6.45) is 5.31. The zero-order valence-corrected chi connectivity index (χ0v) is 17.1. The fourth-order valence-corrected chi connectivity index (χ4v) is 4.09. The van der Waals surface area contributed by atoms with E-state index >= 15 is 0 Å². The minimum Gasteiger partial charge on any atom is -0.452 e. The largest absolute Gasteiger partial charge is 0.452 e. The lowest BCUT2D eigenvalue weighted by Crippen LogP contribution is -2.38. The predicted molar refractivity (Wildman–Crippen MR) is 112 cm³/mol. The van der Waals surface area contributed by atoms with Gasteiger partial charge in [-0.05, 0) is 42.7 Å². The van der Waals surface area contributed by atoms with Crippen molar-refractivity contribution >= 4 is 23.7 Å². The van der Waals surface area contributed by atoms with Crippen molar-refractivity contribution in [2.24, 2.45) is 0 Å². The maximum absolute atomic E-state index is 12.5. The van der Waals surface area contributed by atoms with Crippen molar-refractivity contribution < 1.29 is 23.9 Å². The molecule has 0 aromatic heterocycles. The van der Waals surface area contributed by atoms with Gasteiger partial charge in [0.25, 0.3) is 17.7 Å². The summed E-state index contributed by atoms with van der Waals surface area (Å²) < 4.78 is 5.15. The van der Waals surface area contributed by atoms with E-state index in [-0.39, 0.29) is 42.5 Å². The van der Waals surface area contributed by atoms with Gasteiger partial charge in [-0.2, -0.15) is 0 Å². The third-order valence-corrected chi connectivity index (χ3v) is 5.69. The van der Waals surface area contributed by atoms with Gasteiger partial charge in [0, 0.05) is 6.04 Å². The van der Waals surface area contributed by atoms with Crippen molar-refractivity contribution in [1.82, 2.24) is 10.2 Å². The highest BCUT2D eigenvalue weighted by atomic mass is 16.5. The van der Waals surface area contributed by atoms with Gasteiger partial charge in [-0.3, -0.25) is 19.3 Å². The Morgan fingerprint density at radius 2 is 1.61 bits per heavy atom. The van der Waals surface area contributed by atoms with Gasteiger partial charge < -0.3 is 10.1 Å². The zero-order chi connectivity index (χ0) is 21.8. The van der Waals surface area contributed by atoms with Gasteiger partial charge in [0.05, 0.1) is 23.2 Å². The number of carbonyl (C=O) groups is 4. The number of rotatable bonds is 6. The van der Waals surface area contributed by atoms with E-state index in [2.05, 4.69) is 5.32 Å². The third kappa shape index (κ3) is 4.66. The molecule has 2 aliphatic rings. The zero-order valence-electron chi connectivity index (χ0n) is 17.1. The van der Waals surface area contributed by atoms with E-state index in [9.17, 15) is 19.2 Å². The van der Waals surface area contributed by atoms with Crippen LogP contribution in [0.15, 0.2) is 48.5 Å². The summed E-state index contributed by atoms with van der Waals surface area (Å²) >= 11 is 0. The molecule has 1 saturated carbocycles. The van der Waals surface area contributed by atoms with Crippen LogP contribution in [-0.4, -0.2) is 41.2 Å². The molecule has 2 aromatic carbocycles. The Bertz CT molecular complexity index is 991. The quantitative estimate of drug-likeness (QED) is 0.573. The first-order chi connectivity index (χ1) is 15.0. The molecule has 0 unspecified atom stereocenters. The second kappa shape index (κ2) is 9.12. The monoisotopic (exact) mass is 420 g/mol. The Morgan fingerprint density at radius 1 is 0.935 bits per heavy atom. The SMILES string of the molecule is O=C(COC(=O)c1cccc(CN2C(=O)c3ccccc3C2=O)c1)NC1CCCCC1. The number of esters is 1. The Balaban J connectivity index is 1.35. The number of ether oxygens (including phenoxy) is 1. The van der Waals surface area contributed by atoms with Crippen LogP contribution in [0.4, 0.5) is 0 Å². The Morgan fingerprint density at radius 3 is 2.29 bits per heavy atom. The van der Waals surface area contributed by atoms with Crippen molar-refractivity contribution in [1.29, 1.82) is 0 Å². The number of nitrogens with zero attached hydrogens (tertiary/aromatic N) is 1. The summed E-state index contributed by atoms with van der Waals surface area (Å²) in [4.78, 5) is 50.7. The molecule has 1 N–H and O–H groups in total. The van der Waals surface area contributed by atoms with Crippen molar-refractivity contribution in [3.63, 3.8) is 0 Å². The molecule has 0 saturated heterocycles. The summed E-state index contributed by atoms with van der Waals surface area (Å²) in [5.41, 5.74) is 1.65. The Hall–Kier alpha value is -3.48. The number of hydrogen-bond donors (Lipinski definition) is 1. The maximum Gasteiger partial charge on any atom is 0.338 e. The fraction of sp³-hybridized carbons (Fsp3) is 0.333. The molecular weight excluding hydrogens is 396 g/mol. The molecule has 2 aromatic rings. The van der Waals surface area contributed by atoms with E-state index in [1.165, 1.54) is 6.42 Å². The number of amides is 3. The molecular formula is C24H24N2O5. The van der Waals surface area contributed by atoms with Crippen LogP contribution in [0.1, 0.15) is 68.7 Å². The van der Waals surface area contributed by atoms with Gasteiger partial charge >= 0.3 is 5.97 Å². The van der Waals surface area contributed by atoms with E-state index in [4.69, 9.17) is 4.74 Å². The van der Waals surface area contributed by atoms with E-state index in [1.807, 2.05) is 0 Å². The maximum atomic E-state index is 12.5. The van der Waals surface area contributed by atoms with Gasteiger partial charge in [-0.15, -0.1) is 0 Å². The summed E-state index contributed by atoms with van der Waals surface area (Å²) in [7, 11) is 0. The van der Waals surface area contributed by atoms with Crippen LogP contribution in [0, 0.1) is 0 Å². The highest BCUT2D eigenvalue weighted by Gasteiger charge is 2.35. The normalized spacial score (nSPS) is 16.2. The standard InChI is InChI=1S/C24H24N2O5/c27-21(25-18-9-2-1-3-10-18)15-31-24(30)17-8-6-7-16(13-17)14-26-22(28)19-11-4-5-12-20(19)23(26)29/h4-8,11-13,18H,1-3,9-10,14-15H2,(H,25,27). The molecule has 0 spiro atoms. The number of carbonyl (C=O) groups excluding carboxylic acids is 4. The minimum atomic E-state index is -0.622. The third-order valence-electron chi connectivity index (χ3n) is 5.69. The predicted octanol–water partition coefficient (Wildman–Crippen LogP) is 3.09. The Labute approximate surface area is 180 Å². The van der Waals surface area contributed by atoms with Crippen LogP contribution in [-0.2, 0) is 16.1 Å². The van der Waals surface area contributed by atoms with Gasteiger partial charge in [-0.25, -0.2) is 4.79 Å². The van der Waals surface area contributed by atoms with Crippen LogP contribution in [0.3, 0.4) is 0 Å². The van der Waals surface area contributed by atoms with Crippen LogP contribution in [0.25, 0.3) is 0 Å². The number of imide groups is 1. The molecule has 7 heteroatoms. The molecule has 160 valence electrons. The lowest BCUT2D eigenvalue weighted by Gasteiger charge is -2.22.